The summed E-state index contributed by atoms with van der Waals surface area (Å²) in [6.45, 7) is 0.969. The number of benzene rings is 1. The number of rotatable bonds is 7. The molecule has 0 saturated heterocycles. The molecule has 2 atom stereocenters. The van der Waals surface area contributed by atoms with Crippen molar-refractivity contribution < 1.29 is 4.79 Å². The number of hydrogen-bond acceptors (Lipinski definition) is 3. The van der Waals surface area contributed by atoms with Crippen molar-refractivity contribution in [3.63, 3.8) is 0 Å². The zero-order valence-corrected chi connectivity index (χ0v) is 17.0. The van der Waals surface area contributed by atoms with Crippen molar-refractivity contribution in [2.75, 3.05) is 33.4 Å². The molecule has 1 aliphatic rings. The van der Waals surface area contributed by atoms with Crippen LogP contribution in [0, 0.1) is 0 Å². The lowest BCUT2D eigenvalue weighted by molar-refractivity contribution is -0.127. The molecule has 1 fully saturated rings. The van der Waals surface area contributed by atoms with Gasteiger partial charge < -0.3 is 15.5 Å². The van der Waals surface area contributed by atoms with Gasteiger partial charge in [-0.15, -0.1) is 0 Å². The van der Waals surface area contributed by atoms with E-state index < -0.39 is 0 Å². The van der Waals surface area contributed by atoms with Gasteiger partial charge in [0.15, 0.2) is 5.96 Å². The first-order chi connectivity index (χ1) is 12.6. The summed E-state index contributed by atoms with van der Waals surface area (Å²) in [5.41, 5.74) is 1.30. The molecule has 1 aromatic carbocycles. The predicted octanol–water partition coefficient (Wildman–Crippen LogP) is 2.53. The number of carbonyl (C=O) groups excluding carboxylic acids is 1. The van der Waals surface area contributed by atoms with Gasteiger partial charge in [0.05, 0.1) is 0 Å². The number of carbonyl (C=O) groups is 1. The number of guanidine groups is 1. The largest absolute Gasteiger partial charge is 0.356 e. The van der Waals surface area contributed by atoms with Crippen LogP contribution >= 0.6 is 11.8 Å². The van der Waals surface area contributed by atoms with E-state index in [4.69, 9.17) is 0 Å². The van der Waals surface area contributed by atoms with Crippen LogP contribution in [0.1, 0.15) is 31.2 Å². The normalized spacial score (nSPS) is 20.5. The molecule has 1 amide bonds. The third kappa shape index (κ3) is 7.28. The summed E-state index contributed by atoms with van der Waals surface area (Å²) in [6.07, 6.45) is 7.99. The molecule has 0 heterocycles. The van der Waals surface area contributed by atoms with E-state index in [1.54, 1.807) is 19.0 Å². The second-order valence-corrected chi connectivity index (χ2v) is 8.12. The Kier molecular flexibility index (Phi) is 8.81. The first kappa shape index (κ1) is 20.6. The molecule has 0 aliphatic heterocycles. The van der Waals surface area contributed by atoms with Gasteiger partial charge in [0.25, 0.3) is 0 Å². The molecule has 144 valence electrons. The lowest BCUT2D eigenvalue weighted by Crippen LogP contribution is -2.46. The SMILES string of the molecule is CSC1CCCC(NC(=NCC(=O)N(C)C)NCCc2ccccc2)C1. The summed E-state index contributed by atoms with van der Waals surface area (Å²) in [5.74, 6) is 0.766. The van der Waals surface area contributed by atoms with E-state index in [2.05, 4.69) is 46.1 Å². The van der Waals surface area contributed by atoms with Crippen LogP contribution in [0.3, 0.4) is 0 Å². The quantitative estimate of drug-likeness (QED) is 0.567. The molecule has 1 aliphatic carbocycles. The van der Waals surface area contributed by atoms with Crippen molar-refractivity contribution in [2.45, 2.75) is 43.4 Å². The fraction of sp³-hybridized carbons (Fsp3) is 0.600. The van der Waals surface area contributed by atoms with E-state index in [1.165, 1.54) is 18.4 Å². The average Bonchev–Trinajstić information content (AvgIpc) is 2.66. The van der Waals surface area contributed by atoms with Gasteiger partial charge in [-0.05, 0) is 37.5 Å². The number of nitrogens with zero attached hydrogens (tertiary/aromatic N) is 2. The van der Waals surface area contributed by atoms with Crippen molar-refractivity contribution in [3.8, 4) is 0 Å². The molecule has 6 heteroatoms. The third-order valence-corrected chi connectivity index (χ3v) is 5.82. The first-order valence-corrected chi connectivity index (χ1v) is 10.7. The summed E-state index contributed by atoms with van der Waals surface area (Å²) >= 11 is 1.95. The number of hydrogen-bond donors (Lipinski definition) is 2. The van der Waals surface area contributed by atoms with Crippen LogP contribution in [0.2, 0.25) is 0 Å². The summed E-state index contributed by atoms with van der Waals surface area (Å²) in [5, 5.41) is 7.68. The van der Waals surface area contributed by atoms with Crippen LogP contribution in [-0.4, -0.2) is 61.5 Å². The van der Waals surface area contributed by atoms with E-state index in [0.717, 1.165) is 37.0 Å². The van der Waals surface area contributed by atoms with E-state index in [0.29, 0.717) is 6.04 Å². The van der Waals surface area contributed by atoms with Gasteiger partial charge in [-0.25, -0.2) is 4.99 Å². The maximum atomic E-state index is 11.9. The Balaban J connectivity index is 1.91. The van der Waals surface area contributed by atoms with E-state index in [9.17, 15) is 4.79 Å². The topological polar surface area (TPSA) is 56.7 Å². The number of aliphatic imine (C=N–C) groups is 1. The third-order valence-electron chi connectivity index (χ3n) is 4.72. The maximum absolute atomic E-state index is 11.9. The molecular formula is C20H32N4OS. The Morgan fingerprint density at radius 2 is 2.04 bits per heavy atom. The fourth-order valence-corrected chi connectivity index (χ4v) is 3.92. The van der Waals surface area contributed by atoms with Gasteiger partial charge in [0.2, 0.25) is 5.91 Å². The molecule has 0 spiro atoms. The van der Waals surface area contributed by atoms with Gasteiger partial charge >= 0.3 is 0 Å². The number of likely N-dealkylation sites (N-methyl/N-ethyl adjacent to an activating group) is 1. The van der Waals surface area contributed by atoms with E-state index >= 15 is 0 Å². The summed E-state index contributed by atoms with van der Waals surface area (Å²) in [6, 6.07) is 10.8. The number of thioether (sulfide) groups is 1. The maximum Gasteiger partial charge on any atom is 0.243 e. The highest BCUT2D eigenvalue weighted by atomic mass is 32.2. The van der Waals surface area contributed by atoms with E-state index in [-0.39, 0.29) is 12.5 Å². The molecule has 2 rings (SSSR count). The van der Waals surface area contributed by atoms with Gasteiger partial charge in [0.1, 0.15) is 6.54 Å². The molecule has 2 unspecified atom stereocenters. The molecule has 0 radical (unpaired) electrons. The molecule has 2 N–H and O–H groups in total. The zero-order valence-electron chi connectivity index (χ0n) is 16.2. The van der Waals surface area contributed by atoms with Crippen molar-refractivity contribution in [2.24, 2.45) is 4.99 Å². The second kappa shape index (κ2) is 11.1. The Morgan fingerprint density at radius 3 is 2.73 bits per heavy atom. The van der Waals surface area contributed by atoms with Crippen molar-refractivity contribution >= 4 is 23.6 Å². The minimum absolute atomic E-state index is 0.0137. The molecule has 5 nitrogen and oxygen atoms in total. The van der Waals surface area contributed by atoms with Crippen molar-refractivity contribution in [3.05, 3.63) is 35.9 Å². The number of amides is 1. The molecule has 1 saturated carbocycles. The minimum atomic E-state index is 0.0137. The van der Waals surface area contributed by atoms with Crippen LogP contribution < -0.4 is 10.6 Å². The highest BCUT2D eigenvalue weighted by molar-refractivity contribution is 7.99. The predicted molar refractivity (Wildman–Crippen MR) is 112 cm³/mol. The first-order valence-electron chi connectivity index (χ1n) is 9.40. The summed E-state index contributed by atoms with van der Waals surface area (Å²) in [4.78, 5) is 18.0. The van der Waals surface area contributed by atoms with Crippen molar-refractivity contribution in [1.82, 2.24) is 15.5 Å². The molecule has 0 aromatic heterocycles. The Hall–Kier alpha value is -1.69. The lowest BCUT2D eigenvalue weighted by Gasteiger charge is -2.30. The average molecular weight is 377 g/mol. The van der Waals surface area contributed by atoms with Gasteiger partial charge in [-0.3, -0.25) is 4.79 Å². The summed E-state index contributed by atoms with van der Waals surface area (Å²) < 4.78 is 0. The van der Waals surface area contributed by atoms with E-state index in [1.807, 2.05) is 17.8 Å². The van der Waals surface area contributed by atoms with Gasteiger partial charge in [-0.2, -0.15) is 11.8 Å². The molecular weight excluding hydrogens is 344 g/mol. The molecule has 0 bridgehead atoms. The van der Waals surface area contributed by atoms with Crippen molar-refractivity contribution in [1.29, 1.82) is 0 Å². The van der Waals surface area contributed by atoms with Crippen LogP contribution in [0.4, 0.5) is 0 Å². The van der Waals surface area contributed by atoms with Crippen LogP contribution in [0.15, 0.2) is 35.3 Å². The standard InChI is InChI=1S/C20H32N4OS/c1-24(2)19(25)15-22-20(21-13-12-16-8-5-4-6-9-16)23-17-10-7-11-18(14-17)26-3/h4-6,8-9,17-18H,7,10-15H2,1-3H3,(H2,21,22,23). The minimum Gasteiger partial charge on any atom is -0.356 e. The monoisotopic (exact) mass is 376 g/mol. The Labute approximate surface area is 162 Å². The fourth-order valence-electron chi connectivity index (χ4n) is 3.09. The lowest BCUT2D eigenvalue weighted by atomic mass is 9.95. The second-order valence-electron chi connectivity index (χ2n) is 6.98. The summed E-state index contributed by atoms with van der Waals surface area (Å²) in [7, 11) is 3.52. The Morgan fingerprint density at radius 1 is 1.27 bits per heavy atom. The highest BCUT2D eigenvalue weighted by Crippen LogP contribution is 2.26. The van der Waals surface area contributed by atoms with Crippen LogP contribution in [0.5, 0.6) is 0 Å². The number of nitrogens with one attached hydrogen (secondary N) is 2. The van der Waals surface area contributed by atoms with Gasteiger partial charge in [0, 0.05) is 31.9 Å². The zero-order chi connectivity index (χ0) is 18.8. The molecule has 1 aromatic rings. The smallest absolute Gasteiger partial charge is 0.243 e. The highest BCUT2D eigenvalue weighted by Gasteiger charge is 2.22. The van der Waals surface area contributed by atoms with Crippen LogP contribution in [-0.2, 0) is 11.2 Å². The Bertz CT molecular complexity index is 576. The van der Waals surface area contributed by atoms with Gasteiger partial charge in [-0.1, -0.05) is 36.8 Å². The van der Waals surface area contributed by atoms with Crippen LogP contribution in [0.25, 0.3) is 0 Å². The molecule has 26 heavy (non-hydrogen) atoms.